The maximum absolute atomic E-state index is 9.47. The normalized spacial score (nSPS) is 30.0. The highest BCUT2D eigenvalue weighted by atomic mass is 16.5. The number of hydrogen-bond acceptors (Lipinski definition) is 4. The molecule has 3 N–H and O–H groups in total. The van der Waals surface area contributed by atoms with Gasteiger partial charge in [0.25, 0.3) is 0 Å². The van der Waals surface area contributed by atoms with Crippen LogP contribution in [0.3, 0.4) is 0 Å². The van der Waals surface area contributed by atoms with Gasteiger partial charge in [-0.25, -0.2) is 0 Å². The average Bonchev–Trinajstić information content (AvgIpc) is 2.15. The van der Waals surface area contributed by atoms with E-state index >= 15 is 0 Å². The summed E-state index contributed by atoms with van der Waals surface area (Å²) >= 11 is 0. The molecule has 1 saturated heterocycles. The summed E-state index contributed by atoms with van der Waals surface area (Å²) in [7, 11) is 0. The lowest BCUT2D eigenvalue weighted by molar-refractivity contribution is -0.143. The van der Waals surface area contributed by atoms with E-state index in [-0.39, 0.29) is 30.4 Å². The van der Waals surface area contributed by atoms with Crippen molar-refractivity contribution in [1.29, 1.82) is 0 Å². The van der Waals surface area contributed by atoms with Gasteiger partial charge in [-0.15, -0.1) is 0 Å². The number of nitrogens with two attached hydrogens (primary N) is 1. The largest absolute Gasteiger partial charge is 0.395 e. The Hall–Kier alpha value is -0.160. The number of nitrogens with zero attached hydrogens (tertiary/aromatic N) is 1. The molecule has 0 spiro atoms. The Morgan fingerprint density at radius 2 is 2.19 bits per heavy atom. The van der Waals surface area contributed by atoms with Gasteiger partial charge < -0.3 is 15.6 Å². The van der Waals surface area contributed by atoms with Crippen molar-refractivity contribution in [2.45, 2.75) is 57.9 Å². The maximum Gasteiger partial charge on any atom is 0.0757 e. The van der Waals surface area contributed by atoms with Crippen molar-refractivity contribution in [3.63, 3.8) is 0 Å². The molecule has 1 rings (SSSR count). The summed E-state index contributed by atoms with van der Waals surface area (Å²) in [5.74, 6) is 0. The highest BCUT2D eigenvalue weighted by molar-refractivity contribution is 4.89. The molecule has 0 radical (unpaired) electrons. The Labute approximate surface area is 98.8 Å². The van der Waals surface area contributed by atoms with E-state index in [0.717, 1.165) is 19.5 Å². The summed E-state index contributed by atoms with van der Waals surface area (Å²) in [6.07, 6.45) is 1.08. The standard InChI is InChI=1S/C12H26N2O2/c1-5-10(13)11(7-15)14-6-9(2)16-12(3,4)8-14/h9-11,15H,5-8,13H2,1-4H3. The van der Waals surface area contributed by atoms with Crippen LogP contribution >= 0.6 is 0 Å². The minimum atomic E-state index is -0.154. The van der Waals surface area contributed by atoms with Gasteiger partial charge in [-0.3, -0.25) is 4.90 Å². The number of morpholine rings is 1. The maximum atomic E-state index is 9.47. The number of hydrogen-bond donors (Lipinski definition) is 2. The van der Waals surface area contributed by atoms with Gasteiger partial charge in [-0.1, -0.05) is 6.92 Å². The van der Waals surface area contributed by atoms with Gasteiger partial charge in [-0.2, -0.15) is 0 Å². The Balaban J connectivity index is 2.70. The lowest BCUT2D eigenvalue weighted by atomic mass is 9.99. The Morgan fingerprint density at radius 1 is 1.56 bits per heavy atom. The van der Waals surface area contributed by atoms with Crippen molar-refractivity contribution in [2.24, 2.45) is 5.73 Å². The molecule has 0 saturated carbocycles. The molecule has 0 aromatic heterocycles. The molecule has 1 fully saturated rings. The van der Waals surface area contributed by atoms with Crippen LogP contribution in [0.5, 0.6) is 0 Å². The van der Waals surface area contributed by atoms with Crippen molar-refractivity contribution in [3.8, 4) is 0 Å². The summed E-state index contributed by atoms with van der Waals surface area (Å²) in [6, 6.07) is 0.0849. The van der Waals surface area contributed by atoms with Crippen molar-refractivity contribution >= 4 is 0 Å². The zero-order chi connectivity index (χ0) is 12.3. The van der Waals surface area contributed by atoms with Crippen molar-refractivity contribution in [3.05, 3.63) is 0 Å². The van der Waals surface area contributed by atoms with Gasteiger partial charge in [0.1, 0.15) is 0 Å². The van der Waals surface area contributed by atoms with Crippen molar-refractivity contribution in [2.75, 3.05) is 19.7 Å². The lowest BCUT2D eigenvalue weighted by Gasteiger charge is -2.46. The fourth-order valence-electron chi connectivity index (χ4n) is 2.55. The van der Waals surface area contributed by atoms with E-state index < -0.39 is 0 Å². The first-order valence-electron chi connectivity index (χ1n) is 6.18. The fraction of sp³-hybridized carbons (Fsp3) is 1.00. The summed E-state index contributed by atoms with van der Waals surface area (Å²) in [6.45, 7) is 10.1. The smallest absolute Gasteiger partial charge is 0.0757 e. The van der Waals surface area contributed by atoms with Crippen LogP contribution in [0, 0.1) is 0 Å². The molecule has 16 heavy (non-hydrogen) atoms. The van der Waals surface area contributed by atoms with Crippen LogP contribution in [0.4, 0.5) is 0 Å². The monoisotopic (exact) mass is 230 g/mol. The van der Waals surface area contributed by atoms with E-state index in [0.29, 0.717) is 0 Å². The molecule has 0 aromatic carbocycles. The third kappa shape index (κ3) is 3.42. The Kier molecular flexibility index (Phi) is 4.73. The van der Waals surface area contributed by atoms with E-state index in [2.05, 4.69) is 32.6 Å². The summed E-state index contributed by atoms with van der Waals surface area (Å²) in [5.41, 5.74) is 5.90. The first-order valence-corrected chi connectivity index (χ1v) is 6.18. The molecule has 1 heterocycles. The summed E-state index contributed by atoms with van der Waals surface area (Å²) < 4.78 is 5.85. The zero-order valence-corrected chi connectivity index (χ0v) is 10.9. The second-order valence-electron chi connectivity index (χ2n) is 5.44. The molecule has 0 bridgehead atoms. The van der Waals surface area contributed by atoms with Crippen LogP contribution in [0.15, 0.2) is 0 Å². The van der Waals surface area contributed by atoms with Gasteiger partial charge in [0, 0.05) is 25.2 Å². The first-order chi connectivity index (χ1) is 7.39. The first kappa shape index (κ1) is 13.9. The third-order valence-corrected chi connectivity index (χ3v) is 3.22. The summed E-state index contributed by atoms with van der Waals surface area (Å²) in [5, 5.41) is 9.47. The van der Waals surface area contributed by atoms with Gasteiger partial charge in [0.15, 0.2) is 0 Å². The molecular formula is C12H26N2O2. The van der Waals surface area contributed by atoms with E-state index in [1.54, 1.807) is 0 Å². The van der Waals surface area contributed by atoms with E-state index in [4.69, 9.17) is 10.5 Å². The number of aliphatic hydroxyl groups is 1. The molecule has 4 nitrogen and oxygen atoms in total. The molecule has 3 unspecified atom stereocenters. The highest BCUT2D eigenvalue weighted by Gasteiger charge is 2.35. The Bertz CT molecular complexity index is 221. The van der Waals surface area contributed by atoms with Gasteiger partial charge in [0.2, 0.25) is 0 Å². The second kappa shape index (κ2) is 5.45. The summed E-state index contributed by atoms with van der Waals surface area (Å²) in [4.78, 5) is 2.27. The topological polar surface area (TPSA) is 58.7 Å². The molecule has 1 aliphatic rings. The predicted octanol–water partition coefficient (Wildman–Crippen LogP) is 0.584. The Morgan fingerprint density at radius 3 is 2.62 bits per heavy atom. The molecule has 0 amide bonds. The quantitative estimate of drug-likeness (QED) is 0.742. The number of ether oxygens (including phenoxy) is 1. The predicted molar refractivity (Wildman–Crippen MR) is 65.3 cm³/mol. The minimum Gasteiger partial charge on any atom is -0.395 e. The van der Waals surface area contributed by atoms with Crippen LogP contribution in [-0.4, -0.2) is 53.5 Å². The van der Waals surface area contributed by atoms with Crippen LogP contribution in [-0.2, 0) is 4.74 Å². The molecule has 96 valence electrons. The van der Waals surface area contributed by atoms with Crippen molar-refractivity contribution < 1.29 is 9.84 Å². The van der Waals surface area contributed by atoms with E-state index in [1.165, 1.54) is 0 Å². The van der Waals surface area contributed by atoms with Crippen LogP contribution in [0.1, 0.15) is 34.1 Å². The minimum absolute atomic E-state index is 0.0334. The molecular weight excluding hydrogens is 204 g/mol. The SMILES string of the molecule is CCC(N)C(CO)N1CC(C)OC(C)(C)C1. The fourth-order valence-corrected chi connectivity index (χ4v) is 2.55. The molecule has 0 aromatic rings. The molecule has 0 aliphatic carbocycles. The highest BCUT2D eigenvalue weighted by Crippen LogP contribution is 2.23. The van der Waals surface area contributed by atoms with Gasteiger partial charge in [-0.05, 0) is 27.2 Å². The zero-order valence-electron chi connectivity index (χ0n) is 10.9. The van der Waals surface area contributed by atoms with Crippen molar-refractivity contribution in [1.82, 2.24) is 4.90 Å². The van der Waals surface area contributed by atoms with Crippen LogP contribution in [0.2, 0.25) is 0 Å². The average molecular weight is 230 g/mol. The number of aliphatic hydroxyl groups excluding tert-OH is 1. The lowest BCUT2D eigenvalue weighted by Crippen LogP contribution is -2.60. The van der Waals surface area contributed by atoms with E-state index in [9.17, 15) is 5.11 Å². The van der Waals surface area contributed by atoms with Gasteiger partial charge >= 0.3 is 0 Å². The second-order valence-corrected chi connectivity index (χ2v) is 5.44. The third-order valence-electron chi connectivity index (χ3n) is 3.22. The molecule has 3 atom stereocenters. The molecule has 4 heteroatoms. The van der Waals surface area contributed by atoms with Crippen LogP contribution in [0.25, 0.3) is 0 Å². The number of rotatable bonds is 4. The van der Waals surface area contributed by atoms with E-state index in [1.807, 2.05) is 0 Å². The van der Waals surface area contributed by atoms with Gasteiger partial charge in [0.05, 0.1) is 18.3 Å². The molecule has 1 aliphatic heterocycles. The van der Waals surface area contributed by atoms with Crippen LogP contribution < -0.4 is 5.73 Å².